The van der Waals surface area contributed by atoms with Crippen molar-refractivity contribution in [3.8, 4) is 5.75 Å². The number of carbonyl (C=O) groups excluding carboxylic acids is 1. The quantitative estimate of drug-likeness (QED) is 0.625. The van der Waals surface area contributed by atoms with Gasteiger partial charge >= 0.3 is 0 Å². The van der Waals surface area contributed by atoms with Crippen LogP contribution in [0.25, 0.3) is 0 Å². The lowest BCUT2D eigenvalue weighted by atomic mass is 10.3. The fourth-order valence-electron chi connectivity index (χ4n) is 0.798. The molecular weight excluding hydrogens is 194 g/mol. The van der Waals surface area contributed by atoms with Crippen LogP contribution in [0, 0.1) is 0 Å². The first-order chi connectivity index (χ1) is 6.13. The van der Waals surface area contributed by atoms with Crippen molar-refractivity contribution in [3.63, 3.8) is 0 Å². The van der Waals surface area contributed by atoms with Crippen LogP contribution in [0.5, 0.6) is 5.75 Å². The maximum Gasteiger partial charge on any atom is 0.250 e. The van der Waals surface area contributed by atoms with E-state index in [9.17, 15) is 9.90 Å². The molecule has 5 heteroatoms. The minimum atomic E-state index is -0.633. The van der Waals surface area contributed by atoms with Crippen molar-refractivity contribution < 1.29 is 15.0 Å². The average Bonchev–Trinajstić information content (AvgIpc) is 2.11. The number of anilines is 1. The number of phenols is 1. The van der Waals surface area contributed by atoms with E-state index in [-0.39, 0.29) is 11.4 Å². The normalized spacial score (nSPS) is 9.69. The number of benzene rings is 1. The summed E-state index contributed by atoms with van der Waals surface area (Å²) >= 11 is 5.62. The Balaban J connectivity index is 2.87. The minimum Gasteiger partial charge on any atom is -0.506 e. The van der Waals surface area contributed by atoms with Gasteiger partial charge in [-0.1, -0.05) is 11.6 Å². The molecule has 0 heterocycles. The summed E-state index contributed by atoms with van der Waals surface area (Å²) in [7, 11) is 0. The summed E-state index contributed by atoms with van der Waals surface area (Å²) in [6.07, 6.45) is 0. The molecule has 1 amide bonds. The van der Waals surface area contributed by atoms with Crippen LogP contribution in [-0.4, -0.2) is 22.7 Å². The molecule has 0 aliphatic heterocycles. The summed E-state index contributed by atoms with van der Waals surface area (Å²) < 4.78 is 0. The Bertz CT molecular complexity index is 327. The summed E-state index contributed by atoms with van der Waals surface area (Å²) in [5.74, 6) is -0.691. The van der Waals surface area contributed by atoms with Gasteiger partial charge in [-0.3, -0.25) is 4.79 Å². The lowest BCUT2D eigenvalue weighted by molar-refractivity contribution is -0.118. The third kappa shape index (κ3) is 2.61. The molecule has 4 nitrogen and oxygen atoms in total. The second-order valence-corrected chi connectivity index (χ2v) is 2.80. The molecule has 0 bridgehead atoms. The van der Waals surface area contributed by atoms with Crippen molar-refractivity contribution in [3.05, 3.63) is 23.2 Å². The maximum atomic E-state index is 10.7. The second kappa shape index (κ2) is 4.11. The molecule has 0 saturated heterocycles. The largest absolute Gasteiger partial charge is 0.506 e. The van der Waals surface area contributed by atoms with Crippen LogP contribution < -0.4 is 5.32 Å². The zero-order valence-corrected chi connectivity index (χ0v) is 7.38. The molecule has 0 unspecified atom stereocenters. The Morgan fingerprint density at radius 1 is 1.54 bits per heavy atom. The van der Waals surface area contributed by atoms with Crippen molar-refractivity contribution >= 4 is 23.2 Å². The summed E-state index contributed by atoms with van der Waals surface area (Å²) in [4.78, 5) is 10.7. The molecule has 0 atom stereocenters. The zero-order chi connectivity index (χ0) is 9.84. The smallest absolute Gasteiger partial charge is 0.250 e. The molecular formula is C8H8ClNO3. The molecule has 1 aromatic carbocycles. The van der Waals surface area contributed by atoms with Crippen LogP contribution in [0.15, 0.2) is 18.2 Å². The number of carbonyl (C=O) groups is 1. The molecule has 0 fully saturated rings. The van der Waals surface area contributed by atoms with E-state index in [1.165, 1.54) is 18.2 Å². The third-order valence-electron chi connectivity index (χ3n) is 1.38. The summed E-state index contributed by atoms with van der Waals surface area (Å²) in [6, 6.07) is 4.24. The van der Waals surface area contributed by atoms with E-state index in [0.29, 0.717) is 5.02 Å². The van der Waals surface area contributed by atoms with E-state index in [4.69, 9.17) is 16.7 Å². The van der Waals surface area contributed by atoms with E-state index in [1.807, 2.05) is 0 Å². The predicted molar refractivity (Wildman–Crippen MR) is 48.8 cm³/mol. The van der Waals surface area contributed by atoms with Gasteiger partial charge in [0.15, 0.2) is 0 Å². The van der Waals surface area contributed by atoms with Gasteiger partial charge < -0.3 is 15.5 Å². The summed E-state index contributed by atoms with van der Waals surface area (Å²) in [5, 5.41) is 20.3. The maximum absolute atomic E-state index is 10.7. The molecule has 0 aliphatic rings. The molecule has 70 valence electrons. The molecule has 0 spiro atoms. The Labute approximate surface area is 79.8 Å². The Kier molecular flexibility index (Phi) is 3.11. The number of amides is 1. The number of hydrogen-bond acceptors (Lipinski definition) is 3. The molecule has 0 aliphatic carbocycles. The molecule has 13 heavy (non-hydrogen) atoms. The van der Waals surface area contributed by atoms with E-state index < -0.39 is 12.5 Å². The van der Waals surface area contributed by atoms with Gasteiger partial charge in [-0.15, -0.1) is 0 Å². The lowest BCUT2D eigenvalue weighted by Crippen LogP contribution is -2.15. The molecule has 0 saturated carbocycles. The second-order valence-electron chi connectivity index (χ2n) is 2.37. The van der Waals surface area contributed by atoms with Gasteiger partial charge in [-0.25, -0.2) is 0 Å². The molecule has 3 N–H and O–H groups in total. The molecule has 0 radical (unpaired) electrons. The SMILES string of the molecule is O=C(CO)Nc1cc(Cl)ccc1O. The minimum absolute atomic E-state index is 0.0915. The highest BCUT2D eigenvalue weighted by Crippen LogP contribution is 2.26. The fraction of sp³-hybridized carbons (Fsp3) is 0.125. The van der Waals surface area contributed by atoms with Crippen LogP contribution >= 0.6 is 11.6 Å². The van der Waals surface area contributed by atoms with Crippen molar-refractivity contribution in [2.45, 2.75) is 0 Å². The number of aliphatic hydroxyl groups excluding tert-OH is 1. The predicted octanol–water partition coefficient (Wildman–Crippen LogP) is 0.976. The van der Waals surface area contributed by atoms with Gasteiger partial charge in [0.25, 0.3) is 0 Å². The molecule has 1 rings (SSSR count). The Morgan fingerprint density at radius 2 is 2.23 bits per heavy atom. The van der Waals surface area contributed by atoms with E-state index in [2.05, 4.69) is 5.32 Å². The summed E-state index contributed by atoms with van der Waals surface area (Å²) in [5.41, 5.74) is 0.187. The van der Waals surface area contributed by atoms with Crippen LogP contribution in [0.2, 0.25) is 5.02 Å². The highest BCUT2D eigenvalue weighted by Gasteiger charge is 2.05. The van der Waals surface area contributed by atoms with E-state index in [1.54, 1.807) is 0 Å². The van der Waals surface area contributed by atoms with Crippen molar-refractivity contribution in [2.24, 2.45) is 0 Å². The first kappa shape index (κ1) is 9.83. The van der Waals surface area contributed by atoms with Crippen molar-refractivity contribution in [1.82, 2.24) is 0 Å². The van der Waals surface area contributed by atoms with Crippen LogP contribution in [0.4, 0.5) is 5.69 Å². The number of halogens is 1. The Hall–Kier alpha value is -1.26. The average molecular weight is 202 g/mol. The fourth-order valence-corrected chi connectivity index (χ4v) is 0.970. The monoisotopic (exact) mass is 201 g/mol. The number of phenolic OH excluding ortho intramolecular Hbond substituents is 1. The first-order valence-corrected chi connectivity index (χ1v) is 3.90. The number of nitrogens with one attached hydrogen (secondary N) is 1. The van der Waals surface area contributed by atoms with Gasteiger partial charge in [-0.05, 0) is 18.2 Å². The van der Waals surface area contributed by atoms with E-state index >= 15 is 0 Å². The zero-order valence-electron chi connectivity index (χ0n) is 6.62. The Morgan fingerprint density at radius 3 is 2.85 bits per heavy atom. The van der Waals surface area contributed by atoms with Gasteiger partial charge in [0, 0.05) is 5.02 Å². The lowest BCUT2D eigenvalue weighted by Gasteiger charge is -2.05. The first-order valence-electron chi connectivity index (χ1n) is 3.52. The number of hydrogen-bond donors (Lipinski definition) is 3. The number of aliphatic hydroxyl groups is 1. The summed E-state index contributed by atoms with van der Waals surface area (Å²) in [6.45, 7) is -0.633. The van der Waals surface area contributed by atoms with Gasteiger partial charge in [0.05, 0.1) is 5.69 Å². The van der Waals surface area contributed by atoms with Gasteiger partial charge in [-0.2, -0.15) is 0 Å². The molecule has 0 aromatic heterocycles. The van der Waals surface area contributed by atoms with Crippen molar-refractivity contribution in [1.29, 1.82) is 0 Å². The molecule has 1 aromatic rings. The highest BCUT2D eigenvalue weighted by molar-refractivity contribution is 6.31. The van der Waals surface area contributed by atoms with E-state index in [0.717, 1.165) is 0 Å². The number of aromatic hydroxyl groups is 1. The van der Waals surface area contributed by atoms with Crippen molar-refractivity contribution in [2.75, 3.05) is 11.9 Å². The van der Waals surface area contributed by atoms with Crippen LogP contribution in [0.3, 0.4) is 0 Å². The van der Waals surface area contributed by atoms with Crippen LogP contribution in [-0.2, 0) is 4.79 Å². The standard InChI is InChI=1S/C8H8ClNO3/c9-5-1-2-7(12)6(3-5)10-8(13)4-11/h1-3,11-12H,4H2,(H,10,13). The van der Waals surface area contributed by atoms with Crippen LogP contribution in [0.1, 0.15) is 0 Å². The third-order valence-corrected chi connectivity index (χ3v) is 1.61. The topological polar surface area (TPSA) is 69.6 Å². The van der Waals surface area contributed by atoms with Gasteiger partial charge in [0.1, 0.15) is 12.4 Å². The van der Waals surface area contributed by atoms with Gasteiger partial charge in [0.2, 0.25) is 5.91 Å². The number of rotatable bonds is 2. The highest BCUT2D eigenvalue weighted by atomic mass is 35.5.